The molecule has 2 fully saturated rings. The topological polar surface area (TPSA) is 55.8 Å². The molecule has 0 unspecified atom stereocenters. The molecule has 20 heavy (non-hydrogen) atoms. The number of carboxylic acid groups (broad SMARTS) is 1. The van der Waals surface area contributed by atoms with Crippen molar-refractivity contribution in [3.8, 4) is 11.5 Å². The molecule has 2 aliphatic rings. The van der Waals surface area contributed by atoms with E-state index in [1.807, 2.05) is 18.2 Å². The van der Waals surface area contributed by atoms with Crippen molar-refractivity contribution in [2.45, 2.75) is 50.0 Å². The fourth-order valence-corrected chi connectivity index (χ4v) is 3.00. The highest BCUT2D eigenvalue weighted by atomic mass is 16.5. The van der Waals surface area contributed by atoms with Crippen molar-refractivity contribution >= 4 is 5.97 Å². The summed E-state index contributed by atoms with van der Waals surface area (Å²) in [4.78, 5) is 11.4. The van der Waals surface area contributed by atoms with Gasteiger partial charge in [-0.1, -0.05) is 6.07 Å². The minimum absolute atomic E-state index is 0.268. The zero-order valence-corrected chi connectivity index (χ0v) is 11.7. The molecule has 0 atom stereocenters. The number of hydrogen-bond acceptors (Lipinski definition) is 3. The first-order chi connectivity index (χ1) is 9.65. The first kappa shape index (κ1) is 13.3. The fourth-order valence-electron chi connectivity index (χ4n) is 3.00. The van der Waals surface area contributed by atoms with Gasteiger partial charge in [0, 0.05) is 0 Å². The highest BCUT2D eigenvalue weighted by Gasteiger charge is 2.52. The molecule has 2 aliphatic carbocycles. The first-order valence-electron chi connectivity index (χ1n) is 7.24. The number of aliphatic carboxylic acids is 1. The van der Waals surface area contributed by atoms with E-state index >= 15 is 0 Å². The van der Waals surface area contributed by atoms with E-state index < -0.39 is 11.4 Å². The van der Waals surface area contributed by atoms with Gasteiger partial charge in [-0.3, -0.25) is 4.79 Å². The van der Waals surface area contributed by atoms with E-state index in [-0.39, 0.29) is 6.10 Å². The van der Waals surface area contributed by atoms with E-state index in [1.54, 1.807) is 7.11 Å². The Morgan fingerprint density at radius 1 is 1.25 bits per heavy atom. The zero-order chi connectivity index (χ0) is 14.2. The Hall–Kier alpha value is -1.71. The number of benzene rings is 1. The molecule has 2 saturated carbocycles. The van der Waals surface area contributed by atoms with Gasteiger partial charge in [-0.05, 0) is 56.2 Å². The molecule has 1 aromatic rings. The van der Waals surface area contributed by atoms with Gasteiger partial charge in [-0.25, -0.2) is 0 Å². The van der Waals surface area contributed by atoms with Crippen LogP contribution >= 0.6 is 0 Å². The summed E-state index contributed by atoms with van der Waals surface area (Å²) in [5.41, 5.74) is 0.125. The van der Waals surface area contributed by atoms with Crippen molar-refractivity contribution in [2.24, 2.45) is 0 Å². The second-order valence-corrected chi connectivity index (χ2v) is 5.78. The zero-order valence-electron chi connectivity index (χ0n) is 11.7. The number of rotatable bonds is 5. The Kier molecular flexibility index (Phi) is 3.32. The summed E-state index contributed by atoms with van der Waals surface area (Å²) in [6.45, 7) is 0. The third-order valence-electron chi connectivity index (χ3n) is 4.47. The Morgan fingerprint density at radius 3 is 2.50 bits per heavy atom. The number of carboxylic acids is 1. The van der Waals surface area contributed by atoms with Crippen molar-refractivity contribution in [1.29, 1.82) is 0 Å². The summed E-state index contributed by atoms with van der Waals surface area (Å²) in [5.74, 6) is 0.621. The Labute approximate surface area is 118 Å². The van der Waals surface area contributed by atoms with E-state index in [0.29, 0.717) is 18.6 Å². The van der Waals surface area contributed by atoms with Crippen molar-refractivity contribution in [2.75, 3.05) is 7.11 Å². The maximum atomic E-state index is 11.4. The molecular formula is C16H20O4. The molecule has 0 heterocycles. The average Bonchev–Trinajstić information content (AvgIpc) is 3.12. The lowest BCUT2D eigenvalue weighted by Crippen LogP contribution is -2.19. The molecule has 0 bridgehead atoms. The van der Waals surface area contributed by atoms with Crippen LogP contribution in [-0.2, 0) is 10.2 Å². The van der Waals surface area contributed by atoms with Crippen LogP contribution in [-0.4, -0.2) is 24.3 Å². The van der Waals surface area contributed by atoms with Gasteiger partial charge in [0.15, 0.2) is 11.5 Å². The highest BCUT2D eigenvalue weighted by Crippen LogP contribution is 2.50. The smallest absolute Gasteiger partial charge is 0.314 e. The molecule has 0 spiro atoms. The average molecular weight is 276 g/mol. The van der Waals surface area contributed by atoms with Crippen LogP contribution in [0.15, 0.2) is 18.2 Å². The minimum atomic E-state index is -0.746. The molecule has 0 aromatic heterocycles. The summed E-state index contributed by atoms with van der Waals surface area (Å²) in [6, 6.07) is 5.55. The summed E-state index contributed by atoms with van der Waals surface area (Å²) in [5, 5.41) is 9.35. The Bertz CT molecular complexity index is 513. The Morgan fingerprint density at radius 2 is 1.95 bits per heavy atom. The molecule has 108 valence electrons. The van der Waals surface area contributed by atoms with Gasteiger partial charge in [-0.15, -0.1) is 0 Å². The fraction of sp³-hybridized carbons (Fsp3) is 0.562. The van der Waals surface area contributed by atoms with Crippen LogP contribution in [0.4, 0.5) is 0 Å². The predicted octanol–water partition coefficient (Wildman–Crippen LogP) is 3.13. The van der Waals surface area contributed by atoms with Crippen LogP contribution < -0.4 is 9.47 Å². The number of methoxy groups -OCH3 is 1. The standard InChI is InChI=1S/C16H20O4/c1-19-14-10-11(16(8-9-16)15(17)18)6-7-13(14)20-12-4-2-3-5-12/h6-7,10,12H,2-5,8-9H2,1H3,(H,17,18). The van der Waals surface area contributed by atoms with Gasteiger partial charge in [0.25, 0.3) is 0 Å². The quantitative estimate of drug-likeness (QED) is 0.897. The van der Waals surface area contributed by atoms with Crippen molar-refractivity contribution < 1.29 is 19.4 Å². The summed E-state index contributed by atoms with van der Waals surface area (Å²) in [7, 11) is 1.60. The minimum Gasteiger partial charge on any atom is -0.493 e. The van der Waals surface area contributed by atoms with Crippen LogP contribution in [0.3, 0.4) is 0 Å². The van der Waals surface area contributed by atoms with Crippen molar-refractivity contribution in [3.05, 3.63) is 23.8 Å². The molecule has 1 aromatic carbocycles. The normalized spacial score (nSPS) is 20.6. The highest BCUT2D eigenvalue weighted by molar-refractivity contribution is 5.85. The second-order valence-electron chi connectivity index (χ2n) is 5.78. The molecule has 0 saturated heterocycles. The maximum Gasteiger partial charge on any atom is 0.314 e. The summed E-state index contributed by atoms with van der Waals surface area (Å²) in [6.07, 6.45) is 6.28. The van der Waals surface area contributed by atoms with E-state index in [4.69, 9.17) is 9.47 Å². The molecule has 3 rings (SSSR count). The van der Waals surface area contributed by atoms with Gasteiger partial charge in [0.1, 0.15) is 0 Å². The van der Waals surface area contributed by atoms with Gasteiger partial charge in [0.2, 0.25) is 0 Å². The first-order valence-corrected chi connectivity index (χ1v) is 7.24. The van der Waals surface area contributed by atoms with Crippen LogP contribution in [0.1, 0.15) is 44.1 Å². The van der Waals surface area contributed by atoms with Gasteiger partial charge >= 0.3 is 5.97 Å². The number of carbonyl (C=O) groups is 1. The SMILES string of the molecule is COc1cc(C2(C(=O)O)CC2)ccc1OC1CCCC1. The molecule has 0 radical (unpaired) electrons. The molecule has 4 heteroatoms. The van der Waals surface area contributed by atoms with Crippen LogP contribution in [0.5, 0.6) is 11.5 Å². The van der Waals surface area contributed by atoms with Gasteiger partial charge in [-0.2, -0.15) is 0 Å². The molecule has 1 N–H and O–H groups in total. The lowest BCUT2D eigenvalue weighted by Gasteiger charge is -2.18. The van der Waals surface area contributed by atoms with E-state index in [2.05, 4.69) is 0 Å². The number of hydrogen-bond donors (Lipinski definition) is 1. The van der Waals surface area contributed by atoms with E-state index in [9.17, 15) is 9.90 Å². The van der Waals surface area contributed by atoms with Gasteiger partial charge < -0.3 is 14.6 Å². The Balaban J connectivity index is 1.84. The van der Waals surface area contributed by atoms with E-state index in [0.717, 1.165) is 24.2 Å². The molecular weight excluding hydrogens is 256 g/mol. The van der Waals surface area contributed by atoms with Crippen LogP contribution in [0.2, 0.25) is 0 Å². The number of ether oxygens (including phenoxy) is 2. The molecule has 0 amide bonds. The monoisotopic (exact) mass is 276 g/mol. The van der Waals surface area contributed by atoms with E-state index in [1.165, 1.54) is 12.8 Å². The summed E-state index contributed by atoms with van der Waals surface area (Å²) >= 11 is 0. The maximum absolute atomic E-state index is 11.4. The molecule has 0 aliphatic heterocycles. The largest absolute Gasteiger partial charge is 0.493 e. The van der Waals surface area contributed by atoms with Crippen LogP contribution in [0, 0.1) is 0 Å². The summed E-state index contributed by atoms with van der Waals surface area (Å²) < 4.78 is 11.4. The second kappa shape index (κ2) is 5.00. The lowest BCUT2D eigenvalue weighted by molar-refractivity contribution is -0.140. The van der Waals surface area contributed by atoms with Crippen molar-refractivity contribution in [1.82, 2.24) is 0 Å². The van der Waals surface area contributed by atoms with Gasteiger partial charge in [0.05, 0.1) is 18.6 Å². The van der Waals surface area contributed by atoms with Crippen molar-refractivity contribution in [3.63, 3.8) is 0 Å². The van der Waals surface area contributed by atoms with Crippen LogP contribution in [0.25, 0.3) is 0 Å². The molecule has 4 nitrogen and oxygen atoms in total. The third-order valence-corrected chi connectivity index (χ3v) is 4.47. The predicted molar refractivity (Wildman–Crippen MR) is 74.4 cm³/mol. The third kappa shape index (κ3) is 2.23. The lowest BCUT2D eigenvalue weighted by atomic mass is 9.96.